The first-order chi connectivity index (χ1) is 6.31. The molecule has 1 heterocycles. The van der Waals surface area contributed by atoms with E-state index in [0.717, 1.165) is 0 Å². The molecule has 0 aliphatic carbocycles. The van der Waals surface area contributed by atoms with Crippen molar-refractivity contribution in [3.05, 3.63) is 0 Å². The minimum Gasteiger partial charge on any atom is -0.458 e. The van der Waals surface area contributed by atoms with Crippen molar-refractivity contribution in [2.45, 2.75) is 45.3 Å². The van der Waals surface area contributed by atoms with Gasteiger partial charge in [0.1, 0.15) is 11.6 Å². The van der Waals surface area contributed by atoms with Crippen LogP contribution in [0, 0.1) is 0 Å². The number of likely N-dealkylation sites (tertiary alicyclic amines) is 1. The van der Waals surface area contributed by atoms with Crippen LogP contribution in [-0.2, 0) is 14.3 Å². The van der Waals surface area contributed by atoms with Crippen molar-refractivity contribution in [3.8, 4) is 0 Å². The average Bonchev–Trinajstić information content (AvgIpc) is 2.29. The lowest BCUT2D eigenvalue weighted by Gasteiger charge is -2.24. The summed E-state index contributed by atoms with van der Waals surface area (Å²) < 4.78 is 5.21. The predicted octanol–water partition coefficient (Wildman–Crippen LogP) is 0.949. The summed E-state index contributed by atoms with van der Waals surface area (Å²) in [5.41, 5.74) is -0.483. The van der Waals surface area contributed by atoms with Crippen molar-refractivity contribution in [3.63, 3.8) is 0 Å². The predicted molar refractivity (Wildman–Crippen MR) is 51.6 cm³/mol. The first-order valence-corrected chi connectivity index (χ1v) is 4.80. The lowest BCUT2D eigenvalue weighted by Crippen LogP contribution is -2.39. The number of likely N-dealkylation sites (N-methyl/N-ethyl adjacent to an activating group) is 1. The Morgan fingerprint density at radius 1 is 1.50 bits per heavy atom. The van der Waals surface area contributed by atoms with Crippen molar-refractivity contribution in [2.24, 2.45) is 0 Å². The summed E-state index contributed by atoms with van der Waals surface area (Å²) in [6, 6.07) is -0.387. The SMILES string of the molecule is CN1C(=O)CCC1C(=O)OC(C)(C)C. The first kappa shape index (κ1) is 11.0. The second-order valence-corrected chi connectivity index (χ2v) is 4.59. The quantitative estimate of drug-likeness (QED) is 0.591. The molecule has 0 spiro atoms. The minimum atomic E-state index is -0.483. The van der Waals surface area contributed by atoms with Gasteiger partial charge >= 0.3 is 5.97 Å². The van der Waals surface area contributed by atoms with E-state index in [9.17, 15) is 9.59 Å². The number of carbonyl (C=O) groups is 2. The summed E-state index contributed by atoms with van der Waals surface area (Å²) >= 11 is 0. The van der Waals surface area contributed by atoms with Crippen LogP contribution in [0.15, 0.2) is 0 Å². The van der Waals surface area contributed by atoms with Crippen LogP contribution in [0.3, 0.4) is 0 Å². The number of carbonyl (C=O) groups excluding carboxylic acids is 2. The zero-order valence-electron chi connectivity index (χ0n) is 9.16. The van der Waals surface area contributed by atoms with E-state index < -0.39 is 5.60 Å². The molecule has 14 heavy (non-hydrogen) atoms. The highest BCUT2D eigenvalue weighted by Gasteiger charge is 2.35. The van der Waals surface area contributed by atoms with Gasteiger partial charge in [0.15, 0.2) is 0 Å². The maximum atomic E-state index is 11.6. The zero-order chi connectivity index (χ0) is 10.9. The van der Waals surface area contributed by atoms with E-state index >= 15 is 0 Å². The van der Waals surface area contributed by atoms with Gasteiger partial charge in [-0.05, 0) is 27.2 Å². The highest BCUT2D eigenvalue weighted by Crippen LogP contribution is 2.20. The Balaban J connectivity index is 2.58. The summed E-state index contributed by atoms with van der Waals surface area (Å²) in [7, 11) is 1.64. The fourth-order valence-electron chi connectivity index (χ4n) is 1.45. The van der Waals surface area contributed by atoms with E-state index in [1.165, 1.54) is 4.90 Å². The van der Waals surface area contributed by atoms with Gasteiger partial charge in [0.05, 0.1) is 0 Å². The summed E-state index contributed by atoms with van der Waals surface area (Å²) in [6.45, 7) is 5.46. The maximum Gasteiger partial charge on any atom is 0.329 e. The molecule has 1 amide bonds. The van der Waals surface area contributed by atoms with Crippen LogP contribution in [0.25, 0.3) is 0 Å². The van der Waals surface area contributed by atoms with Crippen LogP contribution in [-0.4, -0.2) is 35.5 Å². The number of amides is 1. The Labute approximate surface area is 84.2 Å². The standard InChI is InChI=1S/C10H17NO3/c1-10(2,3)14-9(13)7-5-6-8(12)11(7)4/h7H,5-6H2,1-4H3. The van der Waals surface area contributed by atoms with E-state index in [1.54, 1.807) is 7.05 Å². The number of esters is 1. The normalized spacial score (nSPS) is 22.7. The monoisotopic (exact) mass is 199 g/mol. The molecule has 1 aliphatic rings. The fraction of sp³-hybridized carbons (Fsp3) is 0.800. The number of hydrogen-bond donors (Lipinski definition) is 0. The summed E-state index contributed by atoms with van der Waals surface area (Å²) in [5, 5.41) is 0. The Bertz CT molecular complexity index is 255. The molecule has 1 atom stereocenters. The molecule has 4 nitrogen and oxygen atoms in total. The molecule has 1 fully saturated rings. The van der Waals surface area contributed by atoms with Gasteiger partial charge in [0.2, 0.25) is 5.91 Å². The number of ether oxygens (including phenoxy) is 1. The molecule has 1 unspecified atom stereocenters. The topological polar surface area (TPSA) is 46.6 Å². The van der Waals surface area contributed by atoms with Crippen molar-refractivity contribution in [1.29, 1.82) is 0 Å². The van der Waals surface area contributed by atoms with E-state index in [1.807, 2.05) is 20.8 Å². The van der Waals surface area contributed by atoms with Gasteiger partial charge in [-0.2, -0.15) is 0 Å². The van der Waals surface area contributed by atoms with Crippen LogP contribution in [0.2, 0.25) is 0 Å². The molecule has 0 aromatic carbocycles. The van der Waals surface area contributed by atoms with Crippen LogP contribution >= 0.6 is 0 Å². The summed E-state index contributed by atoms with van der Waals surface area (Å²) in [6.07, 6.45) is 1.02. The first-order valence-electron chi connectivity index (χ1n) is 4.80. The second kappa shape index (κ2) is 3.59. The van der Waals surface area contributed by atoms with Gasteiger partial charge in [-0.3, -0.25) is 4.79 Å². The maximum absolute atomic E-state index is 11.6. The third kappa shape index (κ3) is 2.47. The molecular weight excluding hydrogens is 182 g/mol. The van der Waals surface area contributed by atoms with E-state index in [4.69, 9.17) is 4.74 Å². The van der Waals surface area contributed by atoms with Gasteiger partial charge in [0.25, 0.3) is 0 Å². The lowest BCUT2D eigenvalue weighted by atomic mass is 10.1. The molecule has 0 aromatic heterocycles. The zero-order valence-corrected chi connectivity index (χ0v) is 9.16. The van der Waals surface area contributed by atoms with Crippen molar-refractivity contribution in [2.75, 3.05) is 7.05 Å². The van der Waals surface area contributed by atoms with Crippen molar-refractivity contribution >= 4 is 11.9 Å². The van der Waals surface area contributed by atoms with Gasteiger partial charge in [-0.25, -0.2) is 4.79 Å². The molecule has 1 aliphatic heterocycles. The van der Waals surface area contributed by atoms with Crippen LogP contribution in [0.4, 0.5) is 0 Å². The highest BCUT2D eigenvalue weighted by atomic mass is 16.6. The lowest BCUT2D eigenvalue weighted by molar-refractivity contribution is -0.161. The summed E-state index contributed by atoms with van der Waals surface area (Å²) in [5.74, 6) is -0.285. The van der Waals surface area contributed by atoms with E-state index in [0.29, 0.717) is 12.8 Å². The van der Waals surface area contributed by atoms with Crippen LogP contribution in [0.1, 0.15) is 33.6 Å². The molecule has 1 saturated heterocycles. The minimum absolute atomic E-state index is 0.0147. The fourth-order valence-corrected chi connectivity index (χ4v) is 1.45. The number of hydrogen-bond acceptors (Lipinski definition) is 3. The third-order valence-electron chi connectivity index (χ3n) is 2.17. The third-order valence-corrected chi connectivity index (χ3v) is 2.17. The van der Waals surface area contributed by atoms with Crippen LogP contribution in [0.5, 0.6) is 0 Å². The molecule has 0 radical (unpaired) electrons. The largest absolute Gasteiger partial charge is 0.458 e. The van der Waals surface area contributed by atoms with Crippen molar-refractivity contribution < 1.29 is 14.3 Å². The molecule has 0 saturated carbocycles. The number of nitrogens with zero attached hydrogens (tertiary/aromatic N) is 1. The Hall–Kier alpha value is -1.06. The molecule has 1 rings (SSSR count). The van der Waals surface area contributed by atoms with Gasteiger partial charge < -0.3 is 9.64 Å². The highest BCUT2D eigenvalue weighted by molar-refractivity contribution is 5.88. The van der Waals surface area contributed by atoms with E-state index in [-0.39, 0.29) is 17.9 Å². The van der Waals surface area contributed by atoms with Gasteiger partial charge in [-0.15, -0.1) is 0 Å². The average molecular weight is 199 g/mol. The molecule has 4 heteroatoms. The smallest absolute Gasteiger partial charge is 0.329 e. The summed E-state index contributed by atoms with van der Waals surface area (Å²) in [4.78, 5) is 24.2. The van der Waals surface area contributed by atoms with Gasteiger partial charge in [-0.1, -0.05) is 0 Å². The molecule has 0 aromatic rings. The molecular formula is C10H17NO3. The van der Waals surface area contributed by atoms with Gasteiger partial charge in [0, 0.05) is 13.5 Å². The van der Waals surface area contributed by atoms with Crippen LogP contribution < -0.4 is 0 Å². The Morgan fingerprint density at radius 2 is 2.07 bits per heavy atom. The Morgan fingerprint density at radius 3 is 2.43 bits per heavy atom. The Kier molecular flexibility index (Phi) is 2.83. The molecule has 80 valence electrons. The van der Waals surface area contributed by atoms with E-state index in [2.05, 4.69) is 0 Å². The van der Waals surface area contributed by atoms with Crippen molar-refractivity contribution in [1.82, 2.24) is 4.90 Å². The number of rotatable bonds is 1. The molecule has 0 bridgehead atoms. The molecule has 0 N–H and O–H groups in total. The second-order valence-electron chi connectivity index (χ2n) is 4.59.